The smallest absolute Gasteiger partial charge is 0.234 e. The Morgan fingerprint density at radius 2 is 1.55 bits per heavy atom. The third kappa shape index (κ3) is 5.68. The number of hydrogen-bond acceptors (Lipinski definition) is 3. The van der Waals surface area contributed by atoms with Crippen LogP contribution in [-0.2, 0) is 4.79 Å². The van der Waals surface area contributed by atoms with Crippen LogP contribution >= 0.6 is 15.9 Å². The van der Waals surface area contributed by atoms with Crippen LogP contribution in [-0.4, -0.2) is 19.6 Å². The van der Waals surface area contributed by atoms with E-state index >= 15 is 0 Å². The minimum absolute atomic E-state index is 0.0486. The largest absolute Gasteiger partial charge is 0.497 e. The molecule has 0 radical (unpaired) electrons. The van der Waals surface area contributed by atoms with Gasteiger partial charge in [0, 0.05) is 10.5 Å². The van der Waals surface area contributed by atoms with Gasteiger partial charge in [0.15, 0.2) is 0 Å². The minimum atomic E-state index is -0.227. The van der Waals surface area contributed by atoms with Gasteiger partial charge in [0.05, 0.1) is 19.7 Å². The molecule has 2 N–H and O–H groups in total. The summed E-state index contributed by atoms with van der Waals surface area (Å²) in [6.45, 7) is 2.27. The standard InChI is InChI=1S/C24H25BrN2O2/c1-17(21-10-6-7-11-22(21)25)26-16-23(28)27-24(18-8-4-3-5-9-18)19-12-14-20(29-2)15-13-19/h3-15,17,24,26H,16H2,1-2H3,(H,27,28). The van der Waals surface area contributed by atoms with Crippen molar-refractivity contribution in [3.63, 3.8) is 0 Å². The molecule has 1 amide bonds. The van der Waals surface area contributed by atoms with Crippen molar-refractivity contribution in [2.75, 3.05) is 13.7 Å². The van der Waals surface area contributed by atoms with Crippen molar-refractivity contribution < 1.29 is 9.53 Å². The van der Waals surface area contributed by atoms with Gasteiger partial charge in [-0.2, -0.15) is 0 Å². The number of ether oxygens (including phenoxy) is 1. The molecule has 0 aliphatic carbocycles. The van der Waals surface area contributed by atoms with E-state index in [1.807, 2.05) is 85.8 Å². The van der Waals surface area contributed by atoms with Crippen molar-refractivity contribution in [3.05, 3.63) is 100 Å². The van der Waals surface area contributed by atoms with Gasteiger partial charge in [-0.05, 0) is 41.8 Å². The van der Waals surface area contributed by atoms with Crippen LogP contribution in [0.1, 0.15) is 35.7 Å². The zero-order valence-corrected chi connectivity index (χ0v) is 18.1. The third-order valence-corrected chi connectivity index (χ3v) is 5.55. The molecule has 150 valence electrons. The van der Waals surface area contributed by atoms with Gasteiger partial charge >= 0.3 is 0 Å². The maximum atomic E-state index is 12.7. The Balaban J connectivity index is 1.70. The van der Waals surface area contributed by atoms with Crippen molar-refractivity contribution in [2.45, 2.75) is 19.0 Å². The molecule has 0 spiro atoms. The normalized spacial score (nSPS) is 12.8. The molecule has 0 saturated heterocycles. The van der Waals surface area contributed by atoms with Crippen LogP contribution in [0.4, 0.5) is 0 Å². The van der Waals surface area contributed by atoms with Crippen LogP contribution < -0.4 is 15.4 Å². The summed E-state index contributed by atoms with van der Waals surface area (Å²) in [4.78, 5) is 12.7. The Hall–Kier alpha value is -2.63. The van der Waals surface area contributed by atoms with E-state index in [1.54, 1.807) is 7.11 Å². The second-order valence-electron chi connectivity index (χ2n) is 6.81. The molecule has 0 heterocycles. The van der Waals surface area contributed by atoms with Crippen LogP contribution in [0.25, 0.3) is 0 Å². The maximum absolute atomic E-state index is 12.7. The van der Waals surface area contributed by atoms with Crippen molar-refractivity contribution >= 4 is 21.8 Å². The molecular formula is C24H25BrN2O2. The molecule has 29 heavy (non-hydrogen) atoms. The highest BCUT2D eigenvalue weighted by Crippen LogP contribution is 2.25. The Kier molecular flexibility index (Phi) is 7.44. The molecule has 0 aliphatic heterocycles. The van der Waals surface area contributed by atoms with Crippen molar-refractivity contribution in [1.82, 2.24) is 10.6 Å². The first-order valence-electron chi connectivity index (χ1n) is 9.54. The topological polar surface area (TPSA) is 50.4 Å². The molecule has 2 atom stereocenters. The molecule has 0 saturated carbocycles. The van der Waals surface area contributed by atoms with Crippen molar-refractivity contribution in [3.8, 4) is 5.75 Å². The predicted molar refractivity (Wildman–Crippen MR) is 120 cm³/mol. The van der Waals surface area contributed by atoms with E-state index in [0.717, 1.165) is 26.9 Å². The molecule has 3 rings (SSSR count). The zero-order chi connectivity index (χ0) is 20.6. The molecular weight excluding hydrogens is 428 g/mol. The third-order valence-electron chi connectivity index (χ3n) is 4.83. The second kappa shape index (κ2) is 10.2. The van der Waals surface area contributed by atoms with E-state index in [9.17, 15) is 4.79 Å². The first-order chi connectivity index (χ1) is 14.1. The van der Waals surface area contributed by atoms with Crippen LogP contribution in [0.5, 0.6) is 5.75 Å². The van der Waals surface area contributed by atoms with Gasteiger partial charge in [-0.1, -0.05) is 76.6 Å². The number of carbonyl (C=O) groups is 1. The average molecular weight is 453 g/mol. The summed E-state index contributed by atoms with van der Waals surface area (Å²) in [6.07, 6.45) is 0. The number of methoxy groups -OCH3 is 1. The van der Waals surface area contributed by atoms with Crippen LogP contribution in [0, 0.1) is 0 Å². The summed E-state index contributed by atoms with van der Waals surface area (Å²) in [6, 6.07) is 25.6. The lowest BCUT2D eigenvalue weighted by Crippen LogP contribution is -2.37. The lowest BCUT2D eigenvalue weighted by atomic mass is 9.98. The van der Waals surface area contributed by atoms with Crippen LogP contribution in [0.15, 0.2) is 83.3 Å². The lowest BCUT2D eigenvalue weighted by Gasteiger charge is -2.21. The zero-order valence-electron chi connectivity index (χ0n) is 16.6. The number of benzene rings is 3. The molecule has 3 aromatic rings. The summed E-state index contributed by atoms with van der Waals surface area (Å²) in [5.41, 5.74) is 3.16. The highest BCUT2D eigenvalue weighted by molar-refractivity contribution is 9.10. The van der Waals surface area contributed by atoms with Gasteiger partial charge in [0.25, 0.3) is 0 Å². The lowest BCUT2D eigenvalue weighted by molar-refractivity contribution is -0.120. The maximum Gasteiger partial charge on any atom is 0.234 e. The van der Waals surface area contributed by atoms with Gasteiger partial charge in [0.1, 0.15) is 5.75 Å². The van der Waals surface area contributed by atoms with E-state index in [-0.39, 0.29) is 24.5 Å². The van der Waals surface area contributed by atoms with Crippen LogP contribution in [0.2, 0.25) is 0 Å². The van der Waals surface area contributed by atoms with E-state index < -0.39 is 0 Å². The second-order valence-corrected chi connectivity index (χ2v) is 7.66. The number of halogens is 1. The SMILES string of the molecule is COc1ccc(C(NC(=O)CNC(C)c2ccccc2Br)c2ccccc2)cc1. The molecule has 4 nitrogen and oxygen atoms in total. The first-order valence-corrected chi connectivity index (χ1v) is 10.3. The summed E-state index contributed by atoms with van der Waals surface area (Å²) in [5.74, 6) is 0.726. The summed E-state index contributed by atoms with van der Waals surface area (Å²) < 4.78 is 6.28. The molecule has 2 unspecified atom stereocenters. The van der Waals surface area contributed by atoms with E-state index in [4.69, 9.17) is 4.74 Å². The monoisotopic (exact) mass is 452 g/mol. The Bertz CT molecular complexity index is 929. The number of rotatable bonds is 8. The van der Waals surface area contributed by atoms with Gasteiger partial charge in [-0.25, -0.2) is 0 Å². The number of carbonyl (C=O) groups excluding carboxylic acids is 1. The average Bonchev–Trinajstić information content (AvgIpc) is 2.77. The Morgan fingerprint density at radius 3 is 2.21 bits per heavy atom. The molecule has 5 heteroatoms. The Morgan fingerprint density at radius 1 is 0.931 bits per heavy atom. The summed E-state index contributed by atoms with van der Waals surface area (Å²) >= 11 is 3.57. The van der Waals surface area contributed by atoms with Gasteiger partial charge in [-0.3, -0.25) is 4.79 Å². The fraction of sp³-hybridized carbons (Fsp3) is 0.208. The fourth-order valence-electron chi connectivity index (χ4n) is 3.19. The first kappa shape index (κ1) is 21.1. The van der Waals surface area contributed by atoms with E-state index in [0.29, 0.717) is 0 Å². The van der Waals surface area contributed by atoms with Gasteiger partial charge in [-0.15, -0.1) is 0 Å². The number of nitrogens with one attached hydrogen (secondary N) is 2. The molecule has 0 aromatic heterocycles. The highest BCUT2D eigenvalue weighted by Gasteiger charge is 2.18. The van der Waals surface area contributed by atoms with Crippen molar-refractivity contribution in [1.29, 1.82) is 0 Å². The van der Waals surface area contributed by atoms with E-state index in [1.165, 1.54) is 0 Å². The Labute approximate surface area is 180 Å². The summed E-state index contributed by atoms with van der Waals surface area (Å²) in [5, 5.41) is 6.46. The molecule has 0 fully saturated rings. The summed E-state index contributed by atoms with van der Waals surface area (Å²) in [7, 11) is 1.64. The minimum Gasteiger partial charge on any atom is -0.497 e. The number of amides is 1. The van der Waals surface area contributed by atoms with Crippen molar-refractivity contribution in [2.24, 2.45) is 0 Å². The molecule has 3 aromatic carbocycles. The molecule has 0 bridgehead atoms. The predicted octanol–water partition coefficient (Wildman–Crippen LogP) is 5.01. The van der Waals surface area contributed by atoms with E-state index in [2.05, 4.69) is 26.6 Å². The van der Waals surface area contributed by atoms with Crippen LogP contribution in [0.3, 0.4) is 0 Å². The highest BCUT2D eigenvalue weighted by atomic mass is 79.9. The number of hydrogen-bond donors (Lipinski definition) is 2. The van der Waals surface area contributed by atoms with Gasteiger partial charge in [0.2, 0.25) is 5.91 Å². The fourth-order valence-corrected chi connectivity index (χ4v) is 3.82. The molecule has 0 aliphatic rings. The van der Waals surface area contributed by atoms with Gasteiger partial charge < -0.3 is 15.4 Å². The quantitative estimate of drug-likeness (QED) is 0.504.